The predicted octanol–water partition coefficient (Wildman–Crippen LogP) is 4.32. The SMILES string of the molecule is O=C(Nc1ccc2nc(-c3ccc(NC(=O)c4ccco4)cc3)[nH]c2c1)C1=CCCO1. The summed E-state index contributed by atoms with van der Waals surface area (Å²) >= 11 is 0. The van der Waals surface area contributed by atoms with Gasteiger partial charge in [-0.2, -0.15) is 0 Å². The van der Waals surface area contributed by atoms with Crippen molar-refractivity contribution in [2.45, 2.75) is 6.42 Å². The molecule has 31 heavy (non-hydrogen) atoms. The number of carbonyl (C=O) groups excluding carboxylic acids is 2. The van der Waals surface area contributed by atoms with Crippen LogP contribution >= 0.6 is 0 Å². The molecule has 2 amide bonds. The van der Waals surface area contributed by atoms with Crippen LogP contribution in [0.5, 0.6) is 0 Å². The zero-order valence-corrected chi connectivity index (χ0v) is 16.3. The number of aromatic nitrogens is 2. The molecule has 0 radical (unpaired) electrons. The van der Waals surface area contributed by atoms with E-state index >= 15 is 0 Å². The van der Waals surface area contributed by atoms with Gasteiger partial charge in [-0.3, -0.25) is 9.59 Å². The topological polar surface area (TPSA) is 109 Å². The van der Waals surface area contributed by atoms with Gasteiger partial charge in [0, 0.05) is 23.4 Å². The Morgan fingerprint density at radius 3 is 2.52 bits per heavy atom. The number of amides is 2. The molecule has 0 unspecified atom stereocenters. The number of benzene rings is 2. The number of nitrogens with one attached hydrogen (secondary N) is 3. The van der Waals surface area contributed by atoms with Crippen molar-refractivity contribution in [2.75, 3.05) is 17.2 Å². The number of anilines is 2. The van der Waals surface area contributed by atoms with Crippen molar-refractivity contribution < 1.29 is 18.7 Å². The van der Waals surface area contributed by atoms with Gasteiger partial charge in [0.05, 0.1) is 23.9 Å². The number of aromatic amines is 1. The number of ether oxygens (including phenoxy) is 1. The third-order valence-corrected chi connectivity index (χ3v) is 4.83. The van der Waals surface area contributed by atoms with Crippen LogP contribution in [-0.2, 0) is 9.53 Å². The van der Waals surface area contributed by atoms with Gasteiger partial charge < -0.3 is 24.8 Å². The number of carbonyl (C=O) groups is 2. The van der Waals surface area contributed by atoms with Gasteiger partial charge in [0.25, 0.3) is 11.8 Å². The van der Waals surface area contributed by atoms with Crippen LogP contribution in [0.25, 0.3) is 22.4 Å². The Morgan fingerprint density at radius 2 is 1.77 bits per heavy atom. The molecular formula is C23H18N4O4. The van der Waals surface area contributed by atoms with Crippen molar-refractivity contribution >= 4 is 34.2 Å². The molecule has 3 heterocycles. The highest BCUT2D eigenvalue weighted by molar-refractivity contribution is 6.03. The normalized spacial score (nSPS) is 13.0. The molecule has 0 aliphatic carbocycles. The van der Waals surface area contributed by atoms with Gasteiger partial charge in [0.2, 0.25) is 0 Å². The molecule has 2 aromatic carbocycles. The van der Waals surface area contributed by atoms with Gasteiger partial charge in [-0.15, -0.1) is 0 Å². The number of hydrogen-bond donors (Lipinski definition) is 3. The zero-order valence-electron chi connectivity index (χ0n) is 16.3. The fourth-order valence-electron chi connectivity index (χ4n) is 3.30. The van der Waals surface area contributed by atoms with E-state index in [1.54, 1.807) is 36.4 Å². The first-order chi connectivity index (χ1) is 15.2. The first-order valence-electron chi connectivity index (χ1n) is 9.75. The quantitative estimate of drug-likeness (QED) is 0.451. The summed E-state index contributed by atoms with van der Waals surface area (Å²) in [6.07, 6.45) is 3.98. The number of H-pyrrole nitrogens is 1. The van der Waals surface area contributed by atoms with Crippen LogP contribution in [0.2, 0.25) is 0 Å². The van der Waals surface area contributed by atoms with Crippen LogP contribution in [0, 0.1) is 0 Å². The van der Waals surface area contributed by atoms with Gasteiger partial charge in [0.1, 0.15) is 5.82 Å². The van der Waals surface area contributed by atoms with Crippen LogP contribution in [0.4, 0.5) is 11.4 Å². The molecule has 5 rings (SSSR count). The van der Waals surface area contributed by atoms with E-state index in [2.05, 4.69) is 20.6 Å². The number of hydrogen-bond acceptors (Lipinski definition) is 5. The molecule has 3 N–H and O–H groups in total. The van der Waals surface area contributed by atoms with Gasteiger partial charge >= 0.3 is 0 Å². The Balaban J connectivity index is 1.31. The molecule has 0 atom stereocenters. The number of imidazole rings is 1. The van der Waals surface area contributed by atoms with E-state index in [1.165, 1.54) is 6.26 Å². The highest BCUT2D eigenvalue weighted by atomic mass is 16.5. The minimum atomic E-state index is -0.310. The molecule has 0 fully saturated rings. The van der Waals surface area contributed by atoms with Gasteiger partial charge in [-0.05, 0) is 60.7 Å². The third-order valence-electron chi connectivity index (χ3n) is 4.83. The van der Waals surface area contributed by atoms with E-state index in [0.29, 0.717) is 29.6 Å². The monoisotopic (exact) mass is 414 g/mol. The lowest BCUT2D eigenvalue weighted by atomic mass is 10.2. The summed E-state index contributed by atoms with van der Waals surface area (Å²) in [5.41, 5.74) is 3.74. The van der Waals surface area contributed by atoms with Crippen molar-refractivity contribution in [3.05, 3.63) is 78.5 Å². The molecule has 2 aromatic heterocycles. The van der Waals surface area contributed by atoms with E-state index in [-0.39, 0.29) is 17.6 Å². The number of furan rings is 1. The van der Waals surface area contributed by atoms with Gasteiger partial charge in [0.15, 0.2) is 11.5 Å². The minimum Gasteiger partial charge on any atom is -0.488 e. The lowest BCUT2D eigenvalue weighted by molar-refractivity contribution is -0.115. The van der Waals surface area contributed by atoms with Crippen molar-refractivity contribution in [1.29, 1.82) is 0 Å². The molecule has 1 aliphatic rings. The van der Waals surface area contributed by atoms with E-state index in [1.807, 2.05) is 24.3 Å². The smallest absolute Gasteiger partial charge is 0.291 e. The first-order valence-corrected chi connectivity index (χ1v) is 9.75. The first kappa shape index (κ1) is 18.7. The summed E-state index contributed by atoms with van der Waals surface area (Å²) in [4.78, 5) is 32.1. The highest BCUT2D eigenvalue weighted by Crippen LogP contribution is 2.25. The maximum Gasteiger partial charge on any atom is 0.291 e. The van der Waals surface area contributed by atoms with Crippen molar-refractivity contribution in [3.63, 3.8) is 0 Å². The fraction of sp³-hybridized carbons (Fsp3) is 0.0870. The maximum absolute atomic E-state index is 12.2. The van der Waals surface area contributed by atoms with Gasteiger partial charge in [-0.1, -0.05) is 0 Å². The van der Waals surface area contributed by atoms with Crippen LogP contribution in [0.1, 0.15) is 17.0 Å². The van der Waals surface area contributed by atoms with E-state index in [0.717, 1.165) is 23.0 Å². The van der Waals surface area contributed by atoms with Crippen LogP contribution < -0.4 is 10.6 Å². The number of rotatable bonds is 5. The van der Waals surface area contributed by atoms with Gasteiger partial charge in [-0.25, -0.2) is 4.98 Å². The van der Waals surface area contributed by atoms with Crippen molar-refractivity contribution in [3.8, 4) is 11.4 Å². The molecule has 8 nitrogen and oxygen atoms in total. The van der Waals surface area contributed by atoms with Crippen molar-refractivity contribution in [2.24, 2.45) is 0 Å². The summed E-state index contributed by atoms with van der Waals surface area (Å²) in [7, 11) is 0. The standard InChI is InChI=1S/C23H18N4O4/c28-22(19-3-1-11-30-19)24-15-7-5-14(6-8-15)21-26-17-10-9-16(13-18(17)27-21)25-23(29)20-4-2-12-31-20/h1,3-11,13H,2,12H2,(H,24,28)(H,25,29)(H,26,27). The Kier molecular flexibility index (Phi) is 4.72. The average Bonchev–Trinajstić information content (AvgIpc) is 3.55. The molecule has 4 aromatic rings. The van der Waals surface area contributed by atoms with E-state index < -0.39 is 0 Å². The molecular weight excluding hydrogens is 396 g/mol. The average molecular weight is 414 g/mol. The predicted molar refractivity (Wildman–Crippen MR) is 115 cm³/mol. The minimum absolute atomic E-state index is 0.250. The van der Waals surface area contributed by atoms with Crippen molar-refractivity contribution in [1.82, 2.24) is 9.97 Å². The molecule has 1 aliphatic heterocycles. The fourth-order valence-corrected chi connectivity index (χ4v) is 3.30. The molecule has 154 valence electrons. The molecule has 0 spiro atoms. The molecule has 0 saturated carbocycles. The van der Waals surface area contributed by atoms with Crippen LogP contribution in [-0.4, -0.2) is 28.4 Å². The Morgan fingerprint density at radius 1 is 0.968 bits per heavy atom. The summed E-state index contributed by atoms with van der Waals surface area (Å²) < 4.78 is 10.4. The largest absolute Gasteiger partial charge is 0.488 e. The second-order valence-electron chi connectivity index (χ2n) is 6.99. The highest BCUT2D eigenvalue weighted by Gasteiger charge is 2.15. The molecule has 0 bridgehead atoms. The second kappa shape index (κ2) is 7.83. The Bertz CT molecular complexity index is 1290. The molecule has 0 saturated heterocycles. The molecule has 8 heteroatoms. The maximum atomic E-state index is 12.2. The second-order valence-corrected chi connectivity index (χ2v) is 6.99. The summed E-state index contributed by atoms with van der Waals surface area (Å²) in [5.74, 6) is 0.715. The summed E-state index contributed by atoms with van der Waals surface area (Å²) in [5, 5.41) is 5.61. The Labute approximate surface area is 176 Å². The van der Waals surface area contributed by atoms with E-state index in [9.17, 15) is 9.59 Å². The third kappa shape index (κ3) is 3.91. The summed E-state index contributed by atoms with van der Waals surface area (Å²) in [6, 6.07) is 16.1. The zero-order chi connectivity index (χ0) is 21.2. The lowest BCUT2D eigenvalue weighted by Gasteiger charge is -2.05. The van der Waals surface area contributed by atoms with E-state index in [4.69, 9.17) is 9.15 Å². The lowest BCUT2D eigenvalue weighted by Crippen LogP contribution is -2.14. The summed E-state index contributed by atoms with van der Waals surface area (Å²) in [6.45, 7) is 0.539. The van der Waals surface area contributed by atoms with Crippen LogP contribution in [0.15, 0.2) is 77.1 Å². The van der Waals surface area contributed by atoms with Crippen LogP contribution in [0.3, 0.4) is 0 Å². The Hall–Kier alpha value is -4.33. The number of nitrogens with zero attached hydrogens (tertiary/aromatic N) is 1. The number of fused-ring (bicyclic) bond motifs is 1.